The Kier molecular flexibility index (Phi) is 2.78. The molecule has 1 amide bonds. The van der Waals surface area contributed by atoms with Gasteiger partial charge in [0.1, 0.15) is 5.82 Å². The van der Waals surface area contributed by atoms with Gasteiger partial charge in [-0.05, 0) is 54.2 Å². The van der Waals surface area contributed by atoms with Crippen molar-refractivity contribution < 1.29 is 9.18 Å². The van der Waals surface area contributed by atoms with Crippen LogP contribution in [0.25, 0.3) is 0 Å². The molecule has 0 unspecified atom stereocenters. The van der Waals surface area contributed by atoms with E-state index in [1.165, 1.54) is 6.07 Å². The summed E-state index contributed by atoms with van der Waals surface area (Å²) in [5.74, 6) is -0.827. The van der Waals surface area contributed by atoms with Gasteiger partial charge in [0.15, 0.2) is 0 Å². The maximum Gasteiger partial charge on any atom is 0.255 e. The average Bonchev–Trinajstić information content (AvgIpc) is 2.90. The molecule has 1 aliphatic rings. The molecule has 0 heterocycles. The Labute approximate surface area is 102 Å². The van der Waals surface area contributed by atoms with Crippen molar-refractivity contribution in [2.45, 2.75) is 32.2 Å². The van der Waals surface area contributed by atoms with E-state index in [1.54, 1.807) is 6.07 Å². The number of carbonyl (C=O) groups is 1. The number of carbonyl (C=O) groups excluding carboxylic acids is 1. The van der Waals surface area contributed by atoms with Crippen LogP contribution in [0.15, 0.2) is 16.6 Å². The number of aryl methyl sites for hydroxylation is 1. The Morgan fingerprint density at radius 1 is 1.50 bits per heavy atom. The smallest absolute Gasteiger partial charge is 0.255 e. The summed E-state index contributed by atoms with van der Waals surface area (Å²) in [5.41, 5.74) is 0.827. The fraction of sp³-hybridized carbons (Fsp3) is 0.417. The van der Waals surface area contributed by atoms with Crippen LogP contribution in [0.3, 0.4) is 0 Å². The van der Waals surface area contributed by atoms with Crippen LogP contribution in [0, 0.1) is 12.7 Å². The van der Waals surface area contributed by atoms with Crippen molar-refractivity contribution in [1.29, 1.82) is 0 Å². The topological polar surface area (TPSA) is 29.1 Å². The fourth-order valence-corrected chi connectivity index (χ4v) is 2.02. The van der Waals surface area contributed by atoms with Crippen molar-refractivity contribution in [1.82, 2.24) is 5.32 Å². The van der Waals surface area contributed by atoms with Gasteiger partial charge in [0.2, 0.25) is 0 Å². The molecule has 2 rings (SSSR count). The molecule has 86 valence electrons. The molecule has 0 aromatic heterocycles. The van der Waals surface area contributed by atoms with Crippen LogP contribution >= 0.6 is 15.9 Å². The molecule has 1 aromatic rings. The third-order valence-corrected chi connectivity index (χ3v) is 3.95. The molecule has 1 aromatic carbocycles. The summed E-state index contributed by atoms with van der Waals surface area (Å²) in [7, 11) is 0. The minimum absolute atomic E-state index is 0.105. The van der Waals surface area contributed by atoms with Gasteiger partial charge in [-0.2, -0.15) is 0 Å². The number of benzene rings is 1. The van der Waals surface area contributed by atoms with Gasteiger partial charge in [-0.1, -0.05) is 6.07 Å². The van der Waals surface area contributed by atoms with Gasteiger partial charge in [0.05, 0.1) is 5.56 Å². The van der Waals surface area contributed by atoms with Gasteiger partial charge in [0, 0.05) is 10.0 Å². The van der Waals surface area contributed by atoms with Gasteiger partial charge >= 0.3 is 0 Å². The second-order valence-electron chi connectivity index (χ2n) is 4.57. The highest BCUT2D eigenvalue weighted by molar-refractivity contribution is 9.10. The number of nitrogens with one attached hydrogen (secondary N) is 1. The molecular formula is C12H13BrFNO. The highest BCUT2D eigenvalue weighted by Gasteiger charge is 2.39. The summed E-state index contributed by atoms with van der Waals surface area (Å²) < 4.78 is 14.1. The van der Waals surface area contributed by atoms with Crippen molar-refractivity contribution in [3.8, 4) is 0 Å². The van der Waals surface area contributed by atoms with Crippen molar-refractivity contribution in [2.24, 2.45) is 0 Å². The number of amides is 1. The third-order valence-electron chi connectivity index (χ3n) is 2.93. The zero-order valence-electron chi connectivity index (χ0n) is 9.23. The summed E-state index contributed by atoms with van der Waals surface area (Å²) in [4.78, 5) is 11.9. The number of hydrogen-bond donors (Lipinski definition) is 1. The van der Waals surface area contributed by atoms with E-state index in [0.29, 0.717) is 4.47 Å². The van der Waals surface area contributed by atoms with Crippen LogP contribution in [0.4, 0.5) is 4.39 Å². The van der Waals surface area contributed by atoms with Crippen LogP contribution in [0.5, 0.6) is 0 Å². The molecule has 0 spiro atoms. The lowest BCUT2D eigenvalue weighted by Crippen LogP contribution is -2.35. The van der Waals surface area contributed by atoms with E-state index in [-0.39, 0.29) is 17.0 Å². The molecule has 2 nitrogen and oxygen atoms in total. The first kappa shape index (κ1) is 11.6. The Morgan fingerprint density at radius 3 is 2.69 bits per heavy atom. The molecule has 1 saturated carbocycles. The molecule has 1 N–H and O–H groups in total. The summed E-state index contributed by atoms with van der Waals surface area (Å²) in [6.45, 7) is 3.80. The number of rotatable bonds is 2. The fourth-order valence-electron chi connectivity index (χ4n) is 1.51. The lowest BCUT2D eigenvalue weighted by atomic mass is 10.1. The summed E-state index contributed by atoms with van der Waals surface area (Å²) in [6, 6.07) is 2.97. The van der Waals surface area contributed by atoms with Crippen LogP contribution in [0.1, 0.15) is 35.7 Å². The van der Waals surface area contributed by atoms with Gasteiger partial charge in [-0.15, -0.1) is 0 Å². The standard InChI is InChI=1S/C12H13BrFNO/c1-7-3-4-8(14)9(10(7)13)11(16)15-12(2)5-6-12/h3-4H,5-6H2,1-2H3,(H,15,16). The van der Waals surface area contributed by atoms with Crippen molar-refractivity contribution >= 4 is 21.8 Å². The van der Waals surface area contributed by atoms with E-state index in [4.69, 9.17) is 0 Å². The quantitative estimate of drug-likeness (QED) is 0.889. The van der Waals surface area contributed by atoms with E-state index in [2.05, 4.69) is 21.2 Å². The van der Waals surface area contributed by atoms with Crippen molar-refractivity contribution in [3.05, 3.63) is 33.5 Å². The normalized spacial score (nSPS) is 17.0. The number of halogens is 2. The summed E-state index contributed by atoms with van der Waals surface area (Å²) in [5, 5.41) is 2.85. The second kappa shape index (κ2) is 3.84. The molecule has 1 aliphatic carbocycles. The molecule has 1 fully saturated rings. The van der Waals surface area contributed by atoms with Crippen LogP contribution in [-0.2, 0) is 0 Å². The minimum atomic E-state index is -0.487. The molecule has 0 aliphatic heterocycles. The highest BCUT2D eigenvalue weighted by atomic mass is 79.9. The lowest BCUT2D eigenvalue weighted by Gasteiger charge is -2.13. The molecule has 0 radical (unpaired) electrons. The monoisotopic (exact) mass is 285 g/mol. The van der Waals surface area contributed by atoms with Crippen LogP contribution < -0.4 is 5.32 Å². The van der Waals surface area contributed by atoms with E-state index in [1.807, 2.05) is 13.8 Å². The van der Waals surface area contributed by atoms with Gasteiger partial charge in [-0.3, -0.25) is 4.79 Å². The molecule has 0 bridgehead atoms. The van der Waals surface area contributed by atoms with Crippen LogP contribution in [0.2, 0.25) is 0 Å². The Balaban J connectivity index is 2.32. The highest BCUT2D eigenvalue weighted by Crippen LogP contribution is 2.35. The SMILES string of the molecule is Cc1ccc(F)c(C(=O)NC2(C)CC2)c1Br. The van der Waals surface area contributed by atoms with Gasteiger partial charge in [0.25, 0.3) is 5.91 Å². The van der Waals surface area contributed by atoms with E-state index >= 15 is 0 Å². The van der Waals surface area contributed by atoms with E-state index in [0.717, 1.165) is 18.4 Å². The third kappa shape index (κ3) is 2.12. The lowest BCUT2D eigenvalue weighted by molar-refractivity contribution is 0.0930. The molecular weight excluding hydrogens is 273 g/mol. The first-order chi connectivity index (χ1) is 7.43. The first-order valence-electron chi connectivity index (χ1n) is 5.20. The van der Waals surface area contributed by atoms with Crippen molar-refractivity contribution in [2.75, 3.05) is 0 Å². The van der Waals surface area contributed by atoms with Crippen molar-refractivity contribution in [3.63, 3.8) is 0 Å². The maximum atomic E-state index is 13.6. The number of hydrogen-bond acceptors (Lipinski definition) is 1. The molecule has 4 heteroatoms. The Bertz CT molecular complexity index is 455. The van der Waals surface area contributed by atoms with Gasteiger partial charge < -0.3 is 5.32 Å². The maximum absolute atomic E-state index is 13.6. The zero-order valence-corrected chi connectivity index (χ0v) is 10.8. The molecule has 16 heavy (non-hydrogen) atoms. The van der Waals surface area contributed by atoms with E-state index < -0.39 is 5.82 Å². The molecule has 0 atom stereocenters. The zero-order chi connectivity index (χ0) is 11.9. The van der Waals surface area contributed by atoms with Gasteiger partial charge in [-0.25, -0.2) is 4.39 Å². The molecule has 0 saturated heterocycles. The largest absolute Gasteiger partial charge is 0.347 e. The summed E-state index contributed by atoms with van der Waals surface area (Å²) in [6.07, 6.45) is 1.92. The second-order valence-corrected chi connectivity index (χ2v) is 5.36. The minimum Gasteiger partial charge on any atom is -0.347 e. The Morgan fingerprint density at radius 2 is 2.12 bits per heavy atom. The average molecular weight is 286 g/mol. The first-order valence-corrected chi connectivity index (χ1v) is 5.99. The van der Waals surface area contributed by atoms with Crippen LogP contribution in [-0.4, -0.2) is 11.4 Å². The van der Waals surface area contributed by atoms with E-state index in [9.17, 15) is 9.18 Å². The Hall–Kier alpha value is -0.900. The predicted octanol–water partition coefficient (Wildman–Crippen LogP) is 3.18. The predicted molar refractivity (Wildman–Crippen MR) is 63.9 cm³/mol. The summed E-state index contributed by atoms with van der Waals surface area (Å²) >= 11 is 3.26.